The number of hydrogen-bond donors (Lipinski definition) is 0. The van der Waals surface area contributed by atoms with Crippen LogP contribution < -0.4 is 0 Å². The summed E-state index contributed by atoms with van der Waals surface area (Å²) < 4.78 is 29.4. The molecule has 0 saturated carbocycles. The zero-order valence-electron chi connectivity index (χ0n) is 13.0. The van der Waals surface area contributed by atoms with Crippen molar-refractivity contribution in [3.63, 3.8) is 0 Å². The fourth-order valence-corrected chi connectivity index (χ4v) is 5.34. The van der Waals surface area contributed by atoms with Gasteiger partial charge in [-0.25, -0.2) is 13.1 Å². The van der Waals surface area contributed by atoms with Crippen molar-refractivity contribution in [2.75, 3.05) is 13.1 Å². The zero-order valence-corrected chi connectivity index (χ0v) is 14.6. The average molecular weight is 359 g/mol. The van der Waals surface area contributed by atoms with Gasteiger partial charge in [0.15, 0.2) is 0 Å². The first kappa shape index (κ1) is 15.6. The second kappa shape index (κ2) is 6.16. The zero-order chi connectivity index (χ0) is 16.6. The van der Waals surface area contributed by atoms with Gasteiger partial charge < -0.3 is 0 Å². The third kappa shape index (κ3) is 2.68. The Morgan fingerprint density at radius 3 is 2.42 bits per heavy atom. The molecule has 0 atom stereocenters. The van der Waals surface area contributed by atoms with Crippen LogP contribution in [0.4, 0.5) is 0 Å². The molecule has 0 unspecified atom stereocenters. The smallest absolute Gasteiger partial charge is 0.239 e. The third-order valence-corrected chi connectivity index (χ3v) is 6.91. The molecule has 0 bridgehead atoms. The van der Waals surface area contributed by atoms with Gasteiger partial charge in [-0.15, -0.1) is 11.3 Å². The van der Waals surface area contributed by atoms with Crippen molar-refractivity contribution < 1.29 is 8.42 Å². The number of aromatic nitrogens is 2. The molecule has 2 aromatic heterocycles. The van der Waals surface area contributed by atoms with E-state index in [0.29, 0.717) is 18.8 Å². The predicted octanol–water partition coefficient (Wildman–Crippen LogP) is 3.39. The Morgan fingerprint density at radius 2 is 1.75 bits per heavy atom. The molecule has 1 aliphatic heterocycles. The molecule has 24 heavy (non-hydrogen) atoms. The first-order valence-electron chi connectivity index (χ1n) is 7.85. The van der Waals surface area contributed by atoms with Gasteiger partial charge in [-0.05, 0) is 36.4 Å². The largest absolute Gasteiger partial charge is 0.246 e. The van der Waals surface area contributed by atoms with Gasteiger partial charge in [0.1, 0.15) is 10.6 Å². The van der Waals surface area contributed by atoms with Gasteiger partial charge >= 0.3 is 0 Å². The van der Waals surface area contributed by atoms with Crippen molar-refractivity contribution in [3.05, 3.63) is 54.0 Å². The van der Waals surface area contributed by atoms with Gasteiger partial charge in [0.25, 0.3) is 0 Å². The number of nitrogens with zero attached hydrogens (tertiary/aromatic N) is 3. The highest BCUT2D eigenvalue weighted by Gasteiger charge is 2.32. The Hall–Kier alpha value is -1.96. The van der Waals surface area contributed by atoms with Gasteiger partial charge in [-0.3, -0.25) is 0 Å². The molecule has 7 heteroatoms. The molecule has 1 fully saturated rings. The number of sulfonamides is 1. The lowest BCUT2D eigenvalue weighted by Gasteiger charge is -2.14. The molecule has 0 amide bonds. The Kier molecular flexibility index (Phi) is 3.99. The van der Waals surface area contributed by atoms with Gasteiger partial charge in [0.05, 0.1) is 16.8 Å². The van der Waals surface area contributed by atoms with Crippen LogP contribution in [0.3, 0.4) is 0 Å². The fraction of sp³-hybridized carbons (Fsp3) is 0.235. The fourth-order valence-electron chi connectivity index (χ4n) is 2.91. The Morgan fingerprint density at radius 1 is 1.00 bits per heavy atom. The molecule has 124 valence electrons. The Balaban J connectivity index is 1.87. The number of rotatable bonds is 4. The minimum Gasteiger partial charge on any atom is -0.239 e. The molecule has 1 aromatic carbocycles. The van der Waals surface area contributed by atoms with E-state index in [2.05, 4.69) is 5.10 Å². The van der Waals surface area contributed by atoms with Crippen LogP contribution in [0.15, 0.2) is 58.9 Å². The van der Waals surface area contributed by atoms with Crippen molar-refractivity contribution in [2.24, 2.45) is 0 Å². The van der Waals surface area contributed by atoms with Crippen molar-refractivity contribution in [3.8, 4) is 16.3 Å². The van der Waals surface area contributed by atoms with Crippen LogP contribution in [-0.2, 0) is 10.0 Å². The van der Waals surface area contributed by atoms with Crippen molar-refractivity contribution >= 4 is 21.4 Å². The van der Waals surface area contributed by atoms with Gasteiger partial charge in [-0.1, -0.05) is 24.3 Å². The Bertz CT molecular complexity index is 926. The minimum absolute atomic E-state index is 0.288. The summed E-state index contributed by atoms with van der Waals surface area (Å²) in [5.74, 6) is 0. The number of hydrogen-bond acceptors (Lipinski definition) is 4. The highest BCUT2D eigenvalue weighted by molar-refractivity contribution is 7.89. The van der Waals surface area contributed by atoms with E-state index in [1.807, 2.05) is 47.8 Å². The van der Waals surface area contributed by atoms with E-state index in [1.165, 1.54) is 11.3 Å². The highest BCUT2D eigenvalue weighted by atomic mass is 32.2. The van der Waals surface area contributed by atoms with Crippen LogP contribution >= 0.6 is 11.3 Å². The lowest BCUT2D eigenvalue weighted by atomic mass is 10.3. The van der Waals surface area contributed by atoms with Crippen LogP contribution in [0.1, 0.15) is 12.8 Å². The summed E-state index contributed by atoms with van der Waals surface area (Å²) >= 11 is 1.50. The third-order valence-electron chi connectivity index (χ3n) is 4.14. The predicted molar refractivity (Wildman–Crippen MR) is 94.9 cm³/mol. The first-order chi connectivity index (χ1) is 11.7. The lowest BCUT2D eigenvalue weighted by molar-refractivity contribution is 0.477. The van der Waals surface area contributed by atoms with Crippen LogP contribution in [0.5, 0.6) is 0 Å². The number of thiophene rings is 1. The maximum Gasteiger partial charge on any atom is 0.246 e. The van der Waals surface area contributed by atoms with Crippen molar-refractivity contribution in [1.29, 1.82) is 0 Å². The summed E-state index contributed by atoms with van der Waals surface area (Å²) in [6.45, 7) is 1.17. The van der Waals surface area contributed by atoms with E-state index in [0.717, 1.165) is 23.4 Å². The van der Waals surface area contributed by atoms with Gasteiger partial charge in [-0.2, -0.15) is 9.40 Å². The quantitative estimate of drug-likeness (QED) is 0.717. The molecule has 0 spiro atoms. The molecular weight excluding hydrogens is 342 g/mol. The normalized spacial score (nSPS) is 15.8. The lowest BCUT2D eigenvalue weighted by Crippen LogP contribution is -2.28. The summed E-state index contributed by atoms with van der Waals surface area (Å²) in [5, 5.41) is 6.52. The number of para-hydroxylation sites is 1. The molecule has 1 aliphatic rings. The van der Waals surface area contributed by atoms with E-state index in [-0.39, 0.29) is 4.90 Å². The van der Waals surface area contributed by atoms with E-state index < -0.39 is 10.0 Å². The second-order valence-corrected chi connectivity index (χ2v) is 8.56. The molecule has 0 aliphatic carbocycles. The number of benzene rings is 1. The molecular formula is C17H17N3O2S2. The van der Waals surface area contributed by atoms with Crippen LogP contribution in [-0.4, -0.2) is 35.6 Å². The summed E-state index contributed by atoms with van der Waals surface area (Å²) in [6.07, 6.45) is 3.47. The maximum absolute atomic E-state index is 13.1. The topological polar surface area (TPSA) is 55.2 Å². The van der Waals surface area contributed by atoms with Crippen molar-refractivity contribution in [2.45, 2.75) is 17.7 Å². The molecule has 3 aromatic rings. The highest BCUT2D eigenvalue weighted by Crippen LogP contribution is 2.33. The summed E-state index contributed by atoms with van der Waals surface area (Å²) in [7, 11) is -3.53. The van der Waals surface area contributed by atoms with E-state index in [4.69, 9.17) is 0 Å². The molecule has 0 N–H and O–H groups in total. The maximum atomic E-state index is 13.1. The average Bonchev–Trinajstić information content (AvgIpc) is 3.35. The second-order valence-electron chi connectivity index (χ2n) is 5.71. The van der Waals surface area contributed by atoms with E-state index in [9.17, 15) is 8.42 Å². The Labute approximate surface area is 145 Å². The summed E-state index contributed by atoms with van der Waals surface area (Å²) in [4.78, 5) is 1.15. The van der Waals surface area contributed by atoms with Gasteiger partial charge in [0.2, 0.25) is 10.0 Å². The van der Waals surface area contributed by atoms with Crippen LogP contribution in [0.2, 0.25) is 0 Å². The first-order valence-corrected chi connectivity index (χ1v) is 10.2. The monoisotopic (exact) mass is 359 g/mol. The van der Waals surface area contributed by atoms with E-state index >= 15 is 0 Å². The minimum atomic E-state index is -3.53. The standard InChI is InChI=1S/C17H17N3O2S2/c21-24(22,19-10-4-5-11-19)16-13-20(14-7-2-1-3-8-14)18-17(16)15-9-6-12-23-15/h1-3,6-9,12-13H,4-5,10-11H2. The van der Waals surface area contributed by atoms with Crippen molar-refractivity contribution in [1.82, 2.24) is 14.1 Å². The van der Waals surface area contributed by atoms with Gasteiger partial charge in [0, 0.05) is 13.1 Å². The SMILES string of the molecule is O=S(=O)(c1cn(-c2ccccc2)nc1-c1cccs1)N1CCCC1. The molecule has 1 saturated heterocycles. The van der Waals surface area contributed by atoms with Crippen LogP contribution in [0, 0.1) is 0 Å². The summed E-state index contributed by atoms with van der Waals surface area (Å²) in [5.41, 5.74) is 1.37. The molecule has 3 heterocycles. The van der Waals surface area contributed by atoms with Crippen LogP contribution in [0.25, 0.3) is 16.3 Å². The molecule has 5 nitrogen and oxygen atoms in total. The summed E-state index contributed by atoms with van der Waals surface area (Å²) in [6, 6.07) is 13.4. The molecule has 4 rings (SSSR count). The van der Waals surface area contributed by atoms with E-state index in [1.54, 1.807) is 15.2 Å². The molecule has 0 radical (unpaired) electrons.